The molecule has 28 heavy (non-hydrogen) atoms. The number of nitrogens with zero attached hydrogens (tertiary/aromatic N) is 2. The molecular weight excluding hydrogens is 395 g/mol. The van der Waals surface area contributed by atoms with Crippen LogP contribution in [-0.4, -0.2) is 9.13 Å². The first kappa shape index (κ1) is 18.1. The molecule has 6 heteroatoms. The zero-order valence-electron chi connectivity index (χ0n) is 15.8. The largest absolute Gasteiger partial charge is 0.370 e. The summed E-state index contributed by atoms with van der Waals surface area (Å²) in [5.74, 6) is 0. The van der Waals surface area contributed by atoms with Gasteiger partial charge in [-0.05, 0) is 36.4 Å². The Morgan fingerprint density at radius 3 is 1.54 bits per heavy atom. The zero-order chi connectivity index (χ0) is 19.4. The van der Waals surface area contributed by atoms with Gasteiger partial charge in [0, 0.05) is 68.5 Å². The van der Waals surface area contributed by atoms with Crippen LogP contribution in [0.15, 0.2) is 36.4 Å². The molecule has 0 radical (unpaired) electrons. The van der Waals surface area contributed by atoms with Gasteiger partial charge in [0.15, 0.2) is 0 Å². The van der Waals surface area contributed by atoms with Crippen LogP contribution in [0, 0.1) is 0 Å². The summed E-state index contributed by atoms with van der Waals surface area (Å²) >= 11 is 12.5. The molecular formula is C22H20Cl2N2O2. The SMILES string of the molecule is Cn1c2c(c3cc(Cl)ccc31)COCc1c(c3cc(Cl)ccc3n1C)COC2. The van der Waals surface area contributed by atoms with Gasteiger partial charge in [-0.15, -0.1) is 0 Å². The third kappa shape index (κ3) is 2.75. The summed E-state index contributed by atoms with van der Waals surface area (Å²) in [5, 5.41) is 3.70. The summed E-state index contributed by atoms with van der Waals surface area (Å²) in [6, 6.07) is 12.0. The van der Waals surface area contributed by atoms with Crippen LogP contribution in [0.25, 0.3) is 21.8 Å². The average molecular weight is 415 g/mol. The molecule has 0 fully saturated rings. The lowest BCUT2D eigenvalue weighted by atomic mass is 10.1. The number of benzene rings is 2. The minimum Gasteiger partial charge on any atom is -0.370 e. The van der Waals surface area contributed by atoms with Gasteiger partial charge in [0.25, 0.3) is 0 Å². The van der Waals surface area contributed by atoms with E-state index in [2.05, 4.69) is 35.4 Å². The van der Waals surface area contributed by atoms with E-state index in [0.717, 1.165) is 54.4 Å². The Labute approximate surface area is 173 Å². The molecule has 2 aromatic heterocycles. The smallest absolute Gasteiger partial charge is 0.0876 e. The fourth-order valence-corrected chi connectivity index (χ4v) is 4.63. The van der Waals surface area contributed by atoms with Crippen molar-refractivity contribution in [2.75, 3.05) is 0 Å². The van der Waals surface area contributed by atoms with E-state index in [1.807, 2.05) is 24.3 Å². The molecule has 0 saturated carbocycles. The van der Waals surface area contributed by atoms with Crippen molar-refractivity contribution < 1.29 is 9.47 Å². The summed E-state index contributed by atoms with van der Waals surface area (Å²) < 4.78 is 16.7. The van der Waals surface area contributed by atoms with E-state index in [9.17, 15) is 0 Å². The number of hydrogen-bond acceptors (Lipinski definition) is 2. The van der Waals surface area contributed by atoms with Crippen molar-refractivity contribution in [3.63, 3.8) is 0 Å². The Morgan fingerprint density at radius 2 is 1.11 bits per heavy atom. The van der Waals surface area contributed by atoms with Crippen LogP contribution in [-0.2, 0) is 50.0 Å². The zero-order valence-corrected chi connectivity index (χ0v) is 17.3. The van der Waals surface area contributed by atoms with Crippen molar-refractivity contribution in [2.24, 2.45) is 14.1 Å². The van der Waals surface area contributed by atoms with E-state index in [-0.39, 0.29) is 0 Å². The Kier molecular flexibility index (Phi) is 4.40. The predicted molar refractivity (Wildman–Crippen MR) is 113 cm³/mol. The molecule has 4 nitrogen and oxygen atoms in total. The van der Waals surface area contributed by atoms with Crippen LogP contribution in [0.1, 0.15) is 22.5 Å². The molecule has 0 saturated heterocycles. The summed E-state index contributed by atoms with van der Waals surface area (Å²) in [5.41, 5.74) is 6.81. The summed E-state index contributed by atoms with van der Waals surface area (Å²) in [7, 11) is 4.13. The summed E-state index contributed by atoms with van der Waals surface area (Å²) in [4.78, 5) is 0. The third-order valence-electron chi connectivity index (χ3n) is 5.77. The predicted octanol–water partition coefficient (Wildman–Crippen LogP) is 5.72. The molecule has 0 N–H and O–H groups in total. The van der Waals surface area contributed by atoms with Crippen molar-refractivity contribution in [2.45, 2.75) is 26.4 Å². The van der Waals surface area contributed by atoms with Gasteiger partial charge < -0.3 is 18.6 Å². The molecule has 4 aromatic rings. The number of ether oxygens (including phenoxy) is 2. The summed E-state index contributed by atoms with van der Waals surface area (Å²) in [6.45, 7) is 2.05. The van der Waals surface area contributed by atoms with Crippen molar-refractivity contribution in [3.8, 4) is 0 Å². The van der Waals surface area contributed by atoms with E-state index in [4.69, 9.17) is 32.7 Å². The second-order valence-corrected chi connectivity index (χ2v) is 8.15. The lowest BCUT2D eigenvalue weighted by Crippen LogP contribution is -2.09. The molecule has 5 rings (SSSR count). The minimum absolute atomic E-state index is 0.512. The maximum atomic E-state index is 6.25. The molecule has 0 atom stereocenters. The van der Waals surface area contributed by atoms with E-state index in [1.165, 1.54) is 0 Å². The molecule has 0 amide bonds. The highest BCUT2D eigenvalue weighted by Crippen LogP contribution is 2.33. The molecule has 0 aliphatic carbocycles. The first-order valence-electron chi connectivity index (χ1n) is 9.21. The highest BCUT2D eigenvalue weighted by molar-refractivity contribution is 6.31. The van der Waals surface area contributed by atoms with Gasteiger partial charge in [0.1, 0.15) is 0 Å². The van der Waals surface area contributed by atoms with Crippen molar-refractivity contribution >= 4 is 45.0 Å². The quantitative estimate of drug-likeness (QED) is 0.367. The maximum Gasteiger partial charge on any atom is 0.0876 e. The monoisotopic (exact) mass is 414 g/mol. The van der Waals surface area contributed by atoms with Crippen LogP contribution in [0.2, 0.25) is 10.0 Å². The normalized spacial score (nSPS) is 15.0. The second kappa shape index (κ2) is 6.82. The molecule has 144 valence electrons. The molecule has 0 unspecified atom stereocenters. The number of fused-ring (bicyclic) bond motifs is 6. The van der Waals surface area contributed by atoms with Gasteiger partial charge in [-0.2, -0.15) is 0 Å². The van der Waals surface area contributed by atoms with Crippen LogP contribution in [0.4, 0.5) is 0 Å². The standard InChI is InChI=1S/C22H20Cl2N2O2/c1-25-19-5-3-13(23)7-15(19)17-9-28-12-22-18(10-27-11-21(17)25)16-8-14(24)4-6-20(16)26(22)2/h3-8H,9-12H2,1-2H3. The van der Waals surface area contributed by atoms with E-state index >= 15 is 0 Å². The average Bonchev–Trinajstić information content (AvgIpc) is 3.09. The second-order valence-electron chi connectivity index (χ2n) is 7.28. The Balaban J connectivity index is 1.60. The number of hydrogen-bond donors (Lipinski definition) is 0. The van der Waals surface area contributed by atoms with Crippen molar-refractivity contribution in [3.05, 3.63) is 69.0 Å². The Bertz CT molecular complexity index is 1130. The maximum absolute atomic E-state index is 6.25. The number of halogens is 2. The third-order valence-corrected chi connectivity index (χ3v) is 6.24. The topological polar surface area (TPSA) is 28.3 Å². The van der Waals surface area contributed by atoms with Crippen molar-refractivity contribution in [1.82, 2.24) is 9.13 Å². The van der Waals surface area contributed by atoms with Crippen LogP contribution < -0.4 is 0 Å². The first-order valence-corrected chi connectivity index (χ1v) is 9.97. The van der Waals surface area contributed by atoms with Gasteiger partial charge in [-0.3, -0.25) is 0 Å². The van der Waals surface area contributed by atoms with E-state index in [1.54, 1.807) is 0 Å². The van der Waals surface area contributed by atoms with Gasteiger partial charge in [-0.1, -0.05) is 23.2 Å². The van der Waals surface area contributed by atoms with E-state index < -0.39 is 0 Å². The highest BCUT2D eigenvalue weighted by Gasteiger charge is 2.21. The van der Waals surface area contributed by atoms with Crippen LogP contribution in [0.5, 0.6) is 0 Å². The number of aryl methyl sites for hydroxylation is 2. The molecule has 1 aliphatic heterocycles. The molecule has 3 heterocycles. The Hall–Kier alpha value is -1.98. The Morgan fingerprint density at radius 1 is 0.679 bits per heavy atom. The summed E-state index contributed by atoms with van der Waals surface area (Å²) in [6.07, 6.45) is 0. The van der Waals surface area contributed by atoms with Crippen LogP contribution >= 0.6 is 23.2 Å². The highest BCUT2D eigenvalue weighted by atomic mass is 35.5. The molecule has 0 spiro atoms. The van der Waals surface area contributed by atoms with Gasteiger partial charge >= 0.3 is 0 Å². The fourth-order valence-electron chi connectivity index (χ4n) is 4.28. The molecule has 1 aliphatic rings. The minimum atomic E-state index is 0.512. The first-order chi connectivity index (χ1) is 13.5. The molecule has 2 aromatic carbocycles. The fraction of sp³-hybridized carbons (Fsp3) is 0.273. The van der Waals surface area contributed by atoms with Crippen LogP contribution in [0.3, 0.4) is 0 Å². The lowest BCUT2D eigenvalue weighted by Gasteiger charge is -2.14. The van der Waals surface area contributed by atoms with E-state index in [0.29, 0.717) is 26.4 Å². The van der Waals surface area contributed by atoms with Gasteiger partial charge in [-0.25, -0.2) is 0 Å². The van der Waals surface area contributed by atoms with Gasteiger partial charge in [0.2, 0.25) is 0 Å². The van der Waals surface area contributed by atoms with Crippen molar-refractivity contribution in [1.29, 1.82) is 0 Å². The lowest BCUT2D eigenvalue weighted by molar-refractivity contribution is 0.0766. The number of rotatable bonds is 0. The van der Waals surface area contributed by atoms with Gasteiger partial charge in [0.05, 0.1) is 26.4 Å². The number of aromatic nitrogens is 2. The molecule has 0 bridgehead atoms.